The second-order valence-electron chi connectivity index (χ2n) is 5.36. The monoisotopic (exact) mass is 360 g/mol. The van der Waals surface area contributed by atoms with Gasteiger partial charge in [-0.25, -0.2) is 8.78 Å². The molecule has 0 aliphatic carbocycles. The molecule has 0 unspecified atom stereocenters. The first-order valence-corrected chi connectivity index (χ1v) is 7.89. The Bertz CT molecular complexity index is 926. The number of benzene rings is 3. The maximum Gasteiger partial charge on any atom is 0.131 e. The van der Waals surface area contributed by atoms with E-state index in [1.165, 1.54) is 14.2 Å². The maximum absolute atomic E-state index is 14.8. The third kappa shape index (κ3) is 3.30. The summed E-state index contributed by atoms with van der Waals surface area (Å²) in [6.07, 6.45) is 0. The van der Waals surface area contributed by atoms with Gasteiger partial charge in [-0.2, -0.15) is 0 Å². The van der Waals surface area contributed by atoms with Crippen LogP contribution in [-0.4, -0.2) is 14.2 Å². The summed E-state index contributed by atoms with van der Waals surface area (Å²) in [5.41, 5.74) is 1.07. The van der Waals surface area contributed by atoms with Gasteiger partial charge in [0.2, 0.25) is 0 Å². The maximum atomic E-state index is 14.8. The van der Waals surface area contributed by atoms with E-state index in [1.54, 1.807) is 42.5 Å². The van der Waals surface area contributed by atoms with Crippen LogP contribution in [0, 0.1) is 11.6 Å². The molecule has 0 radical (unpaired) electrons. The molecule has 0 fully saturated rings. The van der Waals surface area contributed by atoms with E-state index in [9.17, 15) is 8.78 Å². The number of para-hydroxylation sites is 1. The minimum Gasteiger partial charge on any atom is -0.496 e. The molecular formula is C20H15ClF2O2. The van der Waals surface area contributed by atoms with Crippen molar-refractivity contribution in [2.75, 3.05) is 14.2 Å². The van der Waals surface area contributed by atoms with Crippen molar-refractivity contribution in [3.8, 4) is 33.8 Å². The third-order valence-corrected chi connectivity index (χ3v) is 4.14. The molecule has 5 heteroatoms. The standard InChI is InChI=1S/C20H15ClF2O2/c1-24-19-6-4-3-5-13(19)14-10-18(23)15(11-17(14)22)16-9-12(21)7-8-20(16)25-2/h3-11H,1-2H3. The first-order valence-electron chi connectivity index (χ1n) is 7.51. The molecule has 3 rings (SSSR count). The van der Waals surface area contributed by atoms with Crippen molar-refractivity contribution in [3.63, 3.8) is 0 Å². The van der Waals surface area contributed by atoms with Gasteiger partial charge in [0.05, 0.1) is 14.2 Å². The Hall–Kier alpha value is -2.59. The number of rotatable bonds is 4. The van der Waals surface area contributed by atoms with Gasteiger partial charge in [-0.1, -0.05) is 29.8 Å². The summed E-state index contributed by atoms with van der Waals surface area (Å²) in [5.74, 6) is -0.271. The summed E-state index contributed by atoms with van der Waals surface area (Å²) in [6, 6.07) is 14.0. The Morgan fingerprint density at radius 3 is 1.88 bits per heavy atom. The number of methoxy groups -OCH3 is 2. The SMILES string of the molecule is COc1ccccc1-c1cc(F)c(-c2cc(Cl)ccc2OC)cc1F. The Balaban J connectivity index is 2.18. The van der Waals surface area contributed by atoms with Crippen LogP contribution < -0.4 is 9.47 Å². The molecule has 0 spiro atoms. The molecule has 0 aromatic heterocycles. The molecule has 0 saturated carbocycles. The second-order valence-corrected chi connectivity index (χ2v) is 5.79. The molecule has 25 heavy (non-hydrogen) atoms. The van der Waals surface area contributed by atoms with Crippen LogP contribution in [0.2, 0.25) is 5.02 Å². The summed E-state index contributed by atoms with van der Waals surface area (Å²) in [7, 11) is 2.95. The molecule has 3 aromatic carbocycles. The van der Waals surface area contributed by atoms with E-state index in [4.69, 9.17) is 21.1 Å². The zero-order chi connectivity index (χ0) is 18.0. The van der Waals surface area contributed by atoms with E-state index in [2.05, 4.69) is 0 Å². The first kappa shape index (κ1) is 17.2. The molecule has 128 valence electrons. The molecule has 0 N–H and O–H groups in total. The van der Waals surface area contributed by atoms with Crippen molar-refractivity contribution < 1.29 is 18.3 Å². The Morgan fingerprint density at radius 1 is 0.680 bits per heavy atom. The molecule has 0 saturated heterocycles. The van der Waals surface area contributed by atoms with Crippen molar-refractivity contribution in [2.24, 2.45) is 0 Å². The normalized spacial score (nSPS) is 10.6. The molecule has 0 aliphatic heterocycles. The van der Waals surface area contributed by atoms with Gasteiger partial charge in [0.1, 0.15) is 23.1 Å². The molecule has 0 bridgehead atoms. The summed E-state index contributed by atoms with van der Waals surface area (Å²) in [5, 5.41) is 0.407. The fourth-order valence-corrected chi connectivity index (χ4v) is 2.89. The summed E-state index contributed by atoms with van der Waals surface area (Å²) in [4.78, 5) is 0. The minimum absolute atomic E-state index is 0.0792. The third-order valence-electron chi connectivity index (χ3n) is 3.91. The van der Waals surface area contributed by atoms with Crippen LogP contribution in [0.4, 0.5) is 8.78 Å². The molecule has 0 amide bonds. The lowest BCUT2D eigenvalue weighted by molar-refractivity contribution is 0.415. The second kappa shape index (κ2) is 7.11. The smallest absolute Gasteiger partial charge is 0.131 e. The van der Waals surface area contributed by atoms with Gasteiger partial charge in [-0.3, -0.25) is 0 Å². The molecular weight excluding hydrogens is 346 g/mol. The fraction of sp³-hybridized carbons (Fsp3) is 0.100. The predicted octanol–water partition coefficient (Wildman–Crippen LogP) is 5.97. The highest BCUT2D eigenvalue weighted by Crippen LogP contribution is 2.38. The Kier molecular flexibility index (Phi) is 4.91. The van der Waals surface area contributed by atoms with E-state index in [1.807, 2.05) is 0 Å². The fourth-order valence-electron chi connectivity index (χ4n) is 2.72. The van der Waals surface area contributed by atoms with E-state index in [0.29, 0.717) is 27.6 Å². The van der Waals surface area contributed by atoms with Crippen molar-refractivity contribution >= 4 is 11.6 Å². The van der Waals surface area contributed by atoms with Gasteiger partial charge in [-0.15, -0.1) is 0 Å². The van der Waals surface area contributed by atoms with Crippen molar-refractivity contribution in [1.29, 1.82) is 0 Å². The van der Waals surface area contributed by atoms with E-state index in [0.717, 1.165) is 12.1 Å². The van der Waals surface area contributed by atoms with Crippen LogP contribution in [0.25, 0.3) is 22.3 Å². The highest BCUT2D eigenvalue weighted by atomic mass is 35.5. The number of hydrogen-bond donors (Lipinski definition) is 0. The van der Waals surface area contributed by atoms with Gasteiger partial charge < -0.3 is 9.47 Å². The lowest BCUT2D eigenvalue weighted by Crippen LogP contribution is -1.95. The highest BCUT2D eigenvalue weighted by molar-refractivity contribution is 6.31. The molecule has 0 atom stereocenters. The van der Waals surface area contributed by atoms with Gasteiger partial charge in [0, 0.05) is 27.3 Å². The summed E-state index contributed by atoms with van der Waals surface area (Å²) < 4.78 is 40.0. The van der Waals surface area contributed by atoms with Crippen molar-refractivity contribution in [2.45, 2.75) is 0 Å². The zero-order valence-corrected chi connectivity index (χ0v) is 14.4. The highest BCUT2D eigenvalue weighted by Gasteiger charge is 2.18. The van der Waals surface area contributed by atoms with Gasteiger partial charge >= 0.3 is 0 Å². The molecule has 0 heterocycles. The largest absolute Gasteiger partial charge is 0.496 e. The number of halogens is 3. The molecule has 0 aliphatic rings. The van der Waals surface area contributed by atoms with Crippen LogP contribution in [-0.2, 0) is 0 Å². The average molecular weight is 361 g/mol. The Labute approximate surface area is 149 Å². The van der Waals surface area contributed by atoms with Crippen LogP contribution in [0.3, 0.4) is 0 Å². The molecule has 2 nitrogen and oxygen atoms in total. The molecule has 3 aromatic rings. The lowest BCUT2D eigenvalue weighted by atomic mass is 9.98. The quantitative estimate of drug-likeness (QED) is 0.570. The van der Waals surface area contributed by atoms with Crippen molar-refractivity contribution in [1.82, 2.24) is 0 Å². The average Bonchev–Trinajstić information content (AvgIpc) is 2.63. The summed E-state index contributed by atoms with van der Waals surface area (Å²) >= 11 is 5.99. The van der Waals surface area contributed by atoms with Crippen LogP contribution in [0.1, 0.15) is 0 Å². The van der Waals surface area contributed by atoms with Crippen LogP contribution in [0.5, 0.6) is 11.5 Å². The van der Waals surface area contributed by atoms with E-state index < -0.39 is 11.6 Å². The zero-order valence-electron chi connectivity index (χ0n) is 13.6. The van der Waals surface area contributed by atoms with Crippen molar-refractivity contribution in [3.05, 3.63) is 71.3 Å². The van der Waals surface area contributed by atoms with Gasteiger partial charge in [0.15, 0.2) is 0 Å². The van der Waals surface area contributed by atoms with Gasteiger partial charge in [0.25, 0.3) is 0 Å². The van der Waals surface area contributed by atoms with E-state index >= 15 is 0 Å². The number of hydrogen-bond acceptors (Lipinski definition) is 2. The van der Waals surface area contributed by atoms with Gasteiger partial charge in [-0.05, 0) is 36.4 Å². The first-order chi connectivity index (χ1) is 12.0. The minimum atomic E-state index is -0.581. The lowest BCUT2D eigenvalue weighted by Gasteiger charge is -2.13. The van der Waals surface area contributed by atoms with Crippen LogP contribution in [0.15, 0.2) is 54.6 Å². The summed E-state index contributed by atoms with van der Waals surface area (Å²) in [6.45, 7) is 0. The van der Waals surface area contributed by atoms with E-state index in [-0.39, 0.29) is 11.1 Å². The number of ether oxygens (including phenoxy) is 2. The van der Waals surface area contributed by atoms with Crippen LogP contribution >= 0.6 is 11.6 Å². The Morgan fingerprint density at radius 2 is 1.24 bits per heavy atom. The predicted molar refractivity (Wildman–Crippen MR) is 95.3 cm³/mol. The topological polar surface area (TPSA) is 18.5 Å².